The van der Waals surface area contributed by atoms with Crippen LogP contribution in [0.1, 0.15) is 52.9 Å². The van der Waals surface area contributed by atoms with Crippen molar-refractivity contribution in [2.24, 2.45) is 17.8 Å². The summed E-state index contributed by atoms with van der Waals surface area (Å²) in [5.74, 6) is 2.86. The van der Waals surface area contributed by atoms with Crippen molar-refractivity contribution in [2.45, 2.75) is 52.9 Å². The lowest BCUT2D eigenvalue weighted by Gasteiger charge is -2.34. The van der Waals surface area contributed by atoms with E-state index in [1.54, 1.807) is 0 Å². The summed E-state index contributed by atoms with van der Waals surface area (Å²) in [6, 6.07) is 0. The Morgan fingerprint density at radius 2 is 1.77 bits per heavy atom. The van der Waals surface area contributed by atoms with E-state index < -0.39 is 0 Å². The molecule has 1 fully saturated rings. The molecule has 0 heterocycles. The van der Waals surface area contributed by atoms with E-state index in [9.17, 15) is 0 Å². The molecule has 0 aromatic rings. The van der Waals surface area contributed by atoms with E-state index in [1.807, 2.05) is 0 Å². The van der Waals surface area contributed by atoms with Gasteiger partial charge in [0.05, 0.1) is 0 Å². The minimum absolute atomic E-state index is 0.947. The molecule has 0 spiro atoms. The third-order valence-corrected chi connectivity index (χ3v) is 3.69. The lowest BCUT2D eigenvalue weighted by molar-refractivity contribution is 0.168. The summed E-state index contributed by atoms with van der Waals surface area (Å²) >= 11 is 0. The molecule has 0 N–H and O–H groups in total. The molecule has 0 nitrogen and oxygen atoms in total. The van der Waals surface area contributed by atoms with Crippen LogP contribution < -0.4 is 0 Å². The van der Waals surface area contributed by atoms with Crippen molar-refractivity contribution in [3.63, 3.8) is 0 Å². The number of hydrogen-bond acceptors (Lipinski definition) is 0. The molecule has 1 rings (SSSR count). The minimum atomic E-state index is 0.947. The van der Waals surface area contributed by atoms with Crippen molar-refractivity contribution in [3.05, 3.63) is 12.2 Å². The average Bonchev–Trinajstić information content (AvgIpc) is 2.03. The van der Waals surface area contributed by atoms with Crippen molar-refractivity contribution in [3.8, 4) is 0 Å². The van der Waals surface area contributed by atoms with Crippen molar-refractivity contribution in [2.75, 3.05) is 0 Å². The molecular weight excluding hydrogens is 156 g/mol. The molecule has 0 bridgehead atoms. The number of hydrogen-bond donors (Lipinski definition) is 0. The van der Waals surface area contributed by atoms with Gasteiger partial charge in [0.2, 0.25) is 0 Å². The van der Waals surface area contributed by atoms with Gasteiger partial charge in [-0.1, -0.05) is 38.7 Å². The topological polar surface area (TPSA) is 0 Å². The van der Waals surface area contributed by atoms with Gasteiger partial charge in [-0.05, 0) is 37.5 Å². The normalized spacial score (nSPS) is 34.5. The molecule has 1 saturated carbocycles. The Balaban J connectivity index is 2.39. The molecule has 0 saturated heterocycles. The first-order valence-corrected chi connectivity index (χ1v) is 5.75. The molecular formula is C13H24. The Morgan fingerprint density at radius 1 is 1.23 bits per heavy atom. The van der Waals surface area contributed by atoms with Crippen LogP contribution in [0.5, 0.6) is 0 Å². The van der Waals surface area contributed by atoms with E-state index in [1.165, 1.54) is 37.7 Å². The predicted molar refractivity (Wildman–Crippen MR) is 59.7 cm³/mol. The maximum atomic E-state index is 3.99. The summed E-state index contributed by atoms with van der Waals surface area (Å²) < 4.78 is 0. The fraction of sp³-hybridized carbons (Fsp3) is 0.846. The fourth-order valence-corrected chi connectivity index (χ4v) is 2.73. The van der Waals surface area contributed by atoms with Crippen molar-refractivity contribution in [1.29, 1.82) is 0 Å². The van der Waals surface area contributed by atoms with Crippen LogP contribution in [0.25, 0.3) is 0 Å². The van der Waals surface area contributed by atoms with Crippen LogP contribution in [0.3, 0.4) is 0 Å². The highest BCUT2D eigenvalue weighted by Crippen LogP contribution is 2.37. The fourth-order valence-electron chi connectivity index (χ4n) is 2.73. The van der Waals surface area contributed by atoms with Gasteiger partial charge in [0.25, 0.3) is 0 Å². The largest absolute Gasteiger partial charge is 0.100 e. The first-order valence-electron chi connectivity index (χ1n) is 5.75. The van der Waals surface area contributed by atoms with Gasteiger partial charge in [0, 0.05) is 0 Å². The van der Waals surface area contributed by atoms with Crippen LogP contribution in [0.4, 0.5) is 0 Å². The molecule has 0 heteroatoms. The van der Waals surface area contributed by atoms with Crippen molar-refractivity contribution >= 4 is 0 Å². The lowest BCUT2D eigenvalue weighted by atomic mass is 9.71. The quantitative estimate of drug-likeness (QED) is 0.564. The van der Waals surface area contributed by atoms with Gasteiger partial charge in [-0.15, -0.1) is 6.58 Å². The van der Waals surface area contributed by atoms with Gasteiger partial charge in [0.15, 0.2) is 0 Å². The zero-order valence-corrected chi connectivity index (χ0v) is 9.47. The summed E-state index contributed by atoms with van der Waals surface area (Å²) in [5, 5.41) is 0. The van der Waals surface area contributed by atoms with E-state index in [4.69, 9.17) is 0 Å². The van der Waals surface area contributed by atoms with Gasteiger partial charge in [-0.2, -0.15) is 0 Å². The van der Waals surface area contributed by atoms with Crippen LogP contribution in [0.2, 0.25) is 0 Å². The highest BCUT2D eigenvalue weighted by molar-refractivity contribution is 4.90. The van der Waals surface area contributed by atoms with E-state index in [0.717, 1.165) is 17.8 Å². The van der Waals surface area contributed by atoms with Crippen LogP contribution in [-0.2, 0) is 0 Å². The zero-order valence-electron chi connectivity index (χ0n) is 9.47. The second-order valence-corrected chi connectivity index (χ2v) is 5.05. The molecule has 0 aliphatic heterocycles. The van der Waals surface area contributed by atoms with Crippen molar-refractivity contribution < 1.29 is 0 Å². The standard InChI is InChI=1S/C13H24/c1-10(2)8-9-13-11(3)6-5-7-12(13)4/h11-13H,1,5-9H2,2-4H3. The maximum absolute atomic E-state index is 3.99. The minimum Gasteiger partial charge on any atom is -0.100 e. The third-order valence-electron chi connectivity index (χ3n) is 3.69. The summed E-state index contributed by atoms with van der Waals surface area (Å²) in [5.41, 5.74) is 1.35. The Morgan fingerprint density at radius 3 is 2.23 bits per heavy atom. The van der Waals surface area contributed by atoms with E-state index in [2.05, 4.69) is 27.4 Å². The van der Waals surface area contributed by atoms with E-state index in [0.29, 0.717) is 0 Å². The Kier molecular flexibility index (Phi) is 4.02. The monoisotopic (exact) mass is 180 g/mol. The van der Waals surface area contributed by atoms with Crippen molar-refractivity contribution in [1.82, 2.24) is 0 Å². The predicted octanol–water partition coefficient (Wildman–Crippen LogP) is 4.42. The number of allylic oxidation sites excluding steroid dienone is 1. The second-order valence-electron chi connectivity index (χ2n) is 5.05. The van der Waals surface area contributed by atoms with Gasteiger partial charge in [-0.3, -0.25) is 0 Å². The van der Waals surface area contributed by atoms with Gasteiger partial charge < -0.3 is 0 Å². The summed E-state index contributed by atoms with van der Waals surface area (Å²) in [7, 11) is 0. The Labute approximate surface area is 83.4 Å². The smallest absolute Gasteiger partial charge is 0.0323 e. The molecule has 2 unspecified atom stereocenters. The maximum Gasteiger partial charge on any atom is -0.0323 e. The first-order chi connectivity index (χ1) is 6.11. The van der Waals surface area contributed by atoms with Crippen LogP contribution >= 0.6 is 0 Å². The van der Waals surface area contributed by atoms with Gasteiger partial charge in [-0.25, -0.2) is 0 Å². The Bertz CT molecular complexity index is 159. The molecule has 1 aliphatic carbocycles. The molecule has 76 valence electrons. The van der Waals surface area contributed by atoms with Crippen LogP contribution in [0, 0.1) is 17.8 Å². The summed E-state index contributed by atoms with van der Waals surface area (Å²) in [6.07, 6.45) is 6.96. The van der Waals surface area contributed by atoms with E-state index in [-0.39, 0.29) is 0 Å². The lowest BCUT2D eigenvalue weighted by Crippen LogP contribution is -2.24. The number of rotatable bonds is 3. The van der Waals surface area contributed by atoms with Crippen LogP contribution in [0.15, 0.2) is 12.2 Å². The van der Waals surface area contributed by atoms with Gasteiger partial charge in [0.1, 0.15) is 0 Å². The summed E-state index contributed by atoms with van der Waals surface area (Å²) in [4.78, 5) is 0. The Hall–Kier alpha value is -0.260. The van der Waals surface area contributed by atoms with Crippen LogP contribution in [-0.4, -0.2) is 0 Å². The first kappa shape index (κ1) is 10.8. The highest BCUT2D eigenvalue weighted by atomic mass is 14.3. The SMILES string of the molecule is C=C(C)CCC1C(C)CCCC1C. The molecule has 1 aliphatic rings. The highest BCUT2D eigenvalue weighted by Gasteiger charge is 2.26. The molecule has 13 heavy (non-hydrogen) atoms. The second kappa shape index (κ2) is 4.83. The molecule has 0 aromatic heterocycles. The van der Waals surface area contributed by atoms with E-state index >= 15 is 0 Å². The molecule has 0 aromatic carbocycles. The third kappa shape index (κ3) is 3.17. The zero-order chi connectivity index (χ0) is 9.84. The average molecular weight is 180 g/mol. The summed E-state index contributed by atoms with van der Waals surface area (Å²) in [6.45, 7) is 11.0. The molecule has 0 amide bonds. The molecule has 0 radical (unpaired) electrons. The molecule has 2 atom stereocenters. The van der Waals surface area contributed by atoms with Gasteiger partial charge >= 0.3 is 0 Å².